The highest BCUT2D eigenvalue weighted by Crippen LogP contribution is 2.26. The minimum Gasteiger partial charge on any atom is -0.490 e. The largest absolute Gasteiger partial charge is 0.490 e. The molecule has 0 fully saturated rings. The highest BCUT2D eigenvalue weighted by atomic mass is 79.9. The van der Waals surface area contributed by atoms with Crippen molar-refractivity contribution in [2.45, 2.75) is 0 Å². The van der Waals surface area contributed by atoms with E-state index in [0.717, 1.165) is 15.9 Å². The molecule has 0 amide bonds. The number of ether oxygens (including phenoxy) is 2. The Morgan fingerprint density at radius 3 is 2.33 bits per heavy atom. The molecule has 2 N–H and O–H groups in total. The van der Waals surface area contributed by atoms with Gasteiger partial charge in [0, 0.05) is 30.3 Å². The first-order valence-electron chi connectivity index (χ1n) is 6.64. The number of anilines is 2. The van der Waals surface area contributed by atoms with E-state index in [1.54, 1.807) is 0 Å². The first kappa shape index (κ1) is 15.5. The number of rotatable bonds is 6. The van der Waals surface area contributed by atoms with Crippen LogP contribution in [0.2, 0.25) is 0 Å². The topological polar surface area (TPSA) is 47.7 Å². The molecular weight excluding hydrogens is 332 g/mol. The van der Waals surface area contributed by atoms with Gasteiger partial charge in [0.2, 0.25) is 0 Å². The molecule has 0 aliphatic rings. The SMILES string of the molecule is CN(C)c1ccc(N)c(OCCOc2ccc(Br)cc2)c1. The zero-order valence-corrected chi connectivity index (χ0v) is 13.8. The van der Waals surface area contributed by atoms with Crippen molar-refractivity contribution < 1.29 is 9.47 Å². The van der Waals surface area contributed by atoms with E-state index in [-0.39, 0.29) is 0 Å². The molecule has 0 atom stereocenters. The molecule has 5 heteroatoms. The lowest BCUT2D eigenvalue weighted by Gasteiger charge is -2.16. The number of halogens is 1. The van der Waals surface area contributed by atoms with Crippen LogP contribution >= 0.6 is 15.9 Å². The molecule has 2 aromatic rings. The summed E-state index contributed by atoms with van der Waals surface area (Å²) in [4.78, 5) is 2.00. The summed E-state index contributed by atoms with van der Waals surface area (Å²) in [7, 11) is 3.96. The Kier molecular flexibility index (Phi) is 5.33. The van der Waals surface area contributed by atoms with E-state index >= 15 is 0 Å². The molecule has 0 spiro atoms. The van der Waals surface area contributed by atoms with Crippen molar-refractivity contribution in [3.63, 3.8) is 0 Å². The van der Waals surface area contributed by atoms with Crippen LogP contribution in [0.1, 0.15) is 0 Å². The summed E-state index contributed by atoms with van der Waals surface area (Å²) in [6.07, 6.45) is 0. The molecule has 112 valence electrons. The molecular formula is C16H19BrN2O2. The fourth-order valence-corrected chi connectivity index (χ4v) is 2.03. The third-order valence-corrected chi connectivity index (χ3v) is 3.47. The van der Waals surface area contributed by atoms with Gasteiger partial charge in [-0.25, -0.2) is 0 Å². The van der Waals surface area contributed by atoms with Crippen LogP contribution in [-0.4, -0.2) is 27.3 Å². The summed E-state index contributed by atoms with van der Waals surface area (Å²) in [5.74, 6) is 1.50. The van der Waals surface area contributed by atoms with Crippen molar-refractivity contribution in [1.29, 1.82) is 0 Å². The molecule has 4 nitrogen and oxygen atoms in total. The molecule has 0 unspecified atom stereocenters. The highest BCUT2D eigenvalue weighted by Gasteiger charge is 2.04. The minimum absolute atomic E-state index is 0.442. The third kappa shape index (κ3) is 4.56. The number of nitrogen functional groups attached to an aromatic ring is 1. The zero-order valence-electron chi connectivity index (χ0n) is 12.2. The van der Waals surface area contributed by atoms with Crippen molar-refractivity contribution in [3.05, 3.63) is 46.9 Å². The van der Waals surface area contributed by atoms with Gasteiger partial charge in [-0.1, -0.05) is 15.9 Å². The predicted molar refractivity (Wildman–Crippen MR) is 90.3 cm³/mol. The van der Waals surface area contributed by atoms with Crippen molar-refractivity contribution in [1.82, 2.24) is 0 Å². The molecule has 0 aliphatic carbocycles. The fraction of sp³-hybridized carbons (Fsp3) is 0.250. The van der Waals surface area contributed by atoms with Gasteiger partial charge >= 0.3 is 0 Å². The maximum absolute atomic E-state index is 5.91. The van der Waals surface area contributed by atoms with Gasteiger partial charge in [0.15, 0.2) is 0 Å². The zero-order chi connectivity index (χ0) is 15.2. The summed E-state index contributed by atoms with van der Waals surface area (Å²) in [6, 6.07) is 13.4. The lowest BCUT2D eigenvalue weighted by molar-refractivity contribution is 0.218. The van der Waals surface area contributed by atoms with Crippen LogP contribution in [0.3, 0.4) is 0 Å². The maximum atomic E-state index is 5.91. The molecule has 0 radical (unpaired) electrons. The Balaban J connectivity index is 1.85. The standard InChI is InChI=1S/C16H19BrN2O2/c1-19(2)13-5-8-15(18)16(11-13)21-10-9-20-14-6-3-12(17)4-7-14/h3-8,11H,9-10,18H2,1-2H3. The first-order chi connectivity index (χ1) is 10.1. The summed E-state index contributed by atoms with van der Waals surface area (Å²) < 4.78 is 12.3. The van der Waals surface area contributed by atoms with Gasteiger partial charge in [-0.2, -0.15) is 0 Å². The van der Waals surface area contributed by atoms with Crippen LogP contribution in [0.25, 0.3) is 0 Å². The lowest BCUT2D eigenvalue weighted by Crippen LogP contribution is -2.12. The second-order valence-corrected chi connectivity index (χ2v) is 5.68. The average Bonchev–Trinajstić information content (AvgIpc) is 2.47. The second kappa shape index (κ2) is 7.22. The maximum Gasteiger partial charge on any atom is 0.144 e. The predicted octanol–water partition coefficient (Wildman–Crippen LogP) is 3.56. The van der Waals surface area contributed by atoms with E-state index in [1.165, 1.54) is 0 Å². The summed E-state index contributed by atoms with van der Waals surface area (Å²) in [6.45, 7) is 0.907. The summed E-state index contributed by atoms with van der Waals surface area (Å²) in [5, 5.41) is 0. The van der Waals surface area contributed by atoms with Crippen molar-refractivity contribution in [3.8, 4) is 11.5 Å². The Bertz CT molecular complexity index is 585. The fourth-order valence-electron chi connectivity index (χ4n) is 1.77. The number of hydrogen-bond acceptors (Lipinski definition) is 4. The van der Waals surface area contributed by atoms with E-state index in [2.05, 4.69) is 15.9 Å². The molecule has 0 saturated carbocycles. The van der Waals surface area contributed by atoms with Gasteiger partial charge in [0.05, 0.1) is 5.69 Å². The van der Waals surface area contributed by atoms with E-state index in [9.17, 15) is 0 Å². The van der Waals surface area contributed by atoms with Crippen LogP contribution in [0, 0.1) is 0 Å². The van der Waals surface area contributed by atoms with Gasteiger partial charge in [0.25, 0.3) is 0 Å². The van der Waals surface area contributed by atoms with E-state index in [4.69, 9.17) is 15.2 Å². The third-order valence-electron chi connectivity index (χ3n) is 2.94. The lowest BCUT2D eigenvalue weighted by atomic mass is 10.2. The van der Waals surface area contributed by atoms with E-state index in [0.29, 0.717) is 24.7 Å². The number of nitrogens with zero attached hydrogens (tertiary/aromatic N) is 1. The number of benzene rings is 2. The number of nitrogens with two attached hydrogens (primary N) is 1. The smallest absolute Gasteiger partial charge is 0.144 e. The Morgan fingerprint density at radius 1 is 1.00 bits per heavy atom. The molecule has 0 bridgehead atoms. The van der Waals surface area contributed by atoms with Crippen molar-refractivity contribution in [2.75, 3.05) is 37.9 Å². The first-order valence-corrected chi connectivity index (χ1v) is 7.43. The molecule has 2 aromatic carbocycles. The van der Waals surface area contributed by atoms with Crippen LogP contribution < -0.4 is 20.1 Å². The normalized spacial score (nSPS) is 10.2. The molecule has 0 saturated heterocycles. The second-order valence-electron chi connectivity index (χ2n) is 4.77. The Labute approximate surface area is 133 Å². The van der Waals surface area contributed by atoms with Crippen molar-refractivity contribution >= 4 is 27.3 Å². The molecule has 0 heterocycles. The van der Waals surface area contributed by atoms with Gasteiger partial charge in [-0.3, -0.25) is 0 Å². The van der Waals surface area contributed by atoms with E-state index in [1.807, 2.05) is 61.5 Å². The quantitative estimate of drug-likeness (QED) is 0.639. The minimum atomic E-state index is 0.442. The van der Waals surface area contributed by atoms with Crippen LogP contribution in [-0.2, 0) is 0 Å². The van der Waals surface area contributed by atoms with Crippen LogP contribution in [0.5, 0.6) is 11.5 Å². The molecule has 21 heavy (non-hydrogen) atoms. The van der Waals surface area contributed by atoms with Gasteiger partial charge in [-0.05, 0) is 36.4 Å². The van der Waals surface area contributed by atoms with E-state index < -0.39 is 0 Å². The number of hydrogen-bond donors (Lipinski definition) is 1. The summed E-state index contributed by atoms with van der Waals surface area (Å²) in [5.41, 5.74) is 7.59. The van der Waals surface area contributed by atoms with Gasteiger partial charge < -0.3 is 20.1 Å². The van der Waals surface area contributed by atoms with Gasteiger partial charge in [0.1, 0.15) is 24.7 Å². The monoisotopic (exact) mass is 350 g/mol. The van der Waals surface area contributed by atoms with Crippen LogP contribution in [0.4, 0.5) is 11.4 Å². The summed E-state index contributed by atoms with van der Waals surface area (Å²) >= 11 is 3.39. The average molecular weight is 351 g/mol. The molecule has 2 rings (SSSR count). The Morgan fingerprint density at radius 2 is 1.67 bits per heavy atom. The highest BCUT2D eigenvalue weighted by molar-refractivity contribution is 9.10. The Hall–Kier alpha value is -1.88. The molecule has 0 aromatic heterocycles. The van der Waals surface area contributed by atoms with Gasteiger partial charge in [-0.15, -0.1) is 0 Å². The molecule has 0 aliphatic heterocycles. The van der Waals surface area contributed by atoms with Crippen LogP contribution in [0.15, 0.2) is 46.9 Å². The van der Waals surface area contributed by atoms with Crippen molar-refractivity contribution in [2.24, 2.45) is 0 Å².